The van der Waals surface area contributed by atoms with Crippen molar-refractivity contribution in [3.8, 4) is 0 Å². The molecule has 2 atom stereocenters. The zero-order chi connectivity index (χ0) is 12.2. The van der Waals surface area contributed by atoms with Crippen molar-refractivity contribution in [1.82, 2.24) is 4.72 Å². The van der Waals surface area contributed by atoms with Gasteiger partial charge >= 0.3 is 5.97 Å². The summed E-state index contributed by atoms with van der Waals surface area (Å²) in [6.07, 6.45) is 4.43. The third kappa shape index (κ3) is 4.46. The maximum absolute atomic E-state index is 11.4. The predicted molar refractivity (Wildman–Crippen MR) is 59.4 cm³/mol. The zero-order valence-corrected chi connectivity index (χ0v) is 9.87. The van der Waals surface area contributed by atoms with Crippen LogP contribution in [0.2, 0.25) is 0 Å². The molecular formula is C9H18N2O4S. The van der Waals surface area contributed by atoms with Gasteiger partial charge in [0.1, 0.15) is 0 Å². The number of aliphatic carboxylic acids is 1. The molecule has 0 bridgehead atoms. The van der Waals surface area contributed by atoms with Gasteiger partial charge in [-0.3, -0.25) is 4.79 Å². The summed E-state index contributed by atoms with van der Waals surface area (Å²) in [7, 11) is -3.76. The molecule has 0 spiro atoms. The lowest BCUT2D eigenvalue weighted by atomic mass is 10.1. The number of nitrogens with one attached hydrogen (secondary N) is 1. The van der Waals surface area contributed by atoms with E-state index in [0.717, 1.165) is 25.7 Å². The molecule has 0 radical (unpaired) electrons. The van der Waals surface area contributed by atoms with Gasteiger partial charge in [-0.1, -0.05) is 19.3 Å². The summed E-state index contributed by atoms with van der Waals surface area (Å²) in [5, 5.41) is 8.45. The molecule has 0 aliphatic heterocycles. The normalized spacial score (nSPS) is 27.3. The molecule has 2 unspecified atom stereocenters. The average molecular weight is 250 g/mol. The van der Waals surface area contributed by atoms with Gasteiger partial charge in [0.25, 0.3) is 0 Å². The minimum absolute atomic E-state index is 0.217. The van der Waals surface area contributed by atoms with E-state index in [1.165, 1.54) is 0 Å². The topological polar surface area (TPSA) is 109 Å². The molecule has 0 amide bonds. The van der Waals surface area contributed by atoms with Crippen LogP contribution in [0.4, 0.5) is 0 Å². The van der Waals surface area contributed by atoms with Gasteiger partial charge in [0.05, 0.1) is 0 Å². The van der Waals surface area contributed by atoms with Crippen molar-refractivity contribution in [1.29, 1.82) is 0 Å². The molecule has 1 aliphatic rings. The molecule has 4 N–H and O–H groups in total. The Balaban J connectivity index is 2.60. The van der Waals surface area contributed by atoms with Crippen LogP contribution >= 0.6 is 0 Å². The summed E-state index contributed by atoms with van der Waals surface area (Å²) in [6.45, 7) is 0. The Hall–Kier alpha value is -0.660. The molecule has 7 heteroatoms. The average Bonchev–Trinajstić information content (AvgIpc) is 2.29. The molecular weight excluding hydrogens is 232 g/mol. The van der Waals surface area contributed by atoms with Crippen LogP contribution in [0.25, 0.3) is 0 Å². The van der Waals surface area contributed by atoms with Gasteiger partial charge in [0.15, 0.2) is 5.75 Å². The Morgan fingerprint density at radius 2 is 1.94 bits per heavy atom. The predicted octanol–water partition coefficient (Wildman–Crippen LogP) is -0.350. The number of hydrogen-bond acceptors (Lipinski definition) is 4. The summed E-state index contributed by atoms with van der Waals surface area (Å²) in [5.74, 6) is -2.24. The van der Waals surface area contributed by atoms with Crippen LogP contribution in [-0.4, -0.2) is 37.3 Å². The molecule has 0 saturated heterocycles. The number of sulfonamides is 1. The molecule has 1 rings (SSSR count). The summed E-state index contributed by atoms with van der Waals surface area (Å²) in [5.41, 5.74) is 5.84. The highest BCUT2D eigenvalue weighted by atomic mass is 32.2. The Bertz CT molecular complexity index is 341. The van der Waals surface area contributed by atoms with Crippen LogP contribution in [0, 0.1) is 0 Å². The number of carboxylic acid groups (broad SMARTS) is 1. The molecule has 0 aromatic heterocycles. The second-order valence-corrected chi connectivity index (χ2v) is 5.93. The third-order valence-corrected chi connectivity index (χ3v) is 4.00. The van der Waals surface area contributed by atoms with Gasteiger partial charge in [-0.15, -0.1) is 0 Å². The largest absolute Gasteiger partial charge is 0.480 e. The summed E-state index contributed by atoms with van der Waals surface area (Å²) >= 11 is 0. The van der Waals surface area contributed by atoms with Gasteiger partial charge in [0, 0.05) is 12.1 Å². The maximum atomic E-state index is 11.4. The van der Waals surface area contributed by atoms with E-state index in [9.17, 15) is 13.2 Å². The summed E-state index contributed by atoms with van der Waals surface area (Å²) < 4.78 is 25.2. The van der Waals surface area contributed by atoms with Crippen molar-refractivity contribution in [2.24, 2.45) is 5.73 Å². The van der Waals surface area contributed by atoms with Gasteiger partial charge in [-0.2, -0.15) is 0 Å². The lowest BCUT2D eigenvalue weighted by Crippen LogP contribution is -2.48. The minimum atomic E-state index is -3.76. The van der Waals surface area contributed by atoms with E-state index in [2.05, 4.69) is 4.72 Å². The lowest BCUT2D eigenvalue weighted by molar-refractivity contribution is -0.134. The SMILES string of the molecule is NC1CCCCCC1NS(=O)(=O)CC(=O)O. The molecule has 1 fully saturated rings. The number of rotatable bonds is 4. The number of carboxylic acids is 1. The highest BCUT2D eigenvalue weighted by molar-refractivity contribution is 7.90. The van der Waals surface area contributed by atoms with Crippen molar-refractivity contribution in [2.75, 3.05) is 5.75 Å². The van der Waals surface area contributed by atoms with Crippen molar-refractivity contribution in [3.05, 3.63) is 0 Å². The van der Waals surface area contributed by atoms with Crippen molar-refractivity contribution >= 4 is 16.0 Å². The van der Waals surface area contributed by atoms with Gasteiger partial charge in [-0.05, 0) is 12.8 Å². The Kier molecular flexibility index (Phi) is 4.69. The van der Waals surface area contributed by atoms with E-state index < -0.39 is 21.7 Å². The third-order valence-electron chi connectivity index (χ3n) is 2.71. The summed E-state index contributed by atoms with van der Waals surface area (Å²) in [4.78, 5) is 10.4. The van der Waals surface area contributed by atoms with Crippen LogP contribution < -0.4 is 10.5 Å². The van der Waals surface area contributed by atoms with Crippen LogP contribution in [0.15, 0.2) is 0 Å². The maximum Gasteiger partial charge on any atom is 0.320 e. The van der Waals surface area contributed by atoms with Gasteiger partial charge in [-0.25, -0.2) is 13.1 Å². The van der Waals surface area contributed by atoms with Crippen LogP contribution in [-0.2, 0) is 14.8 Å². The monoisotopic (exact) mass is 250 g/mol. The molecule has 6 nitrogen and oxygen atoms in total. The number of hydrogen-bond donors (Lipinski definition) is 3. The fourth-order valence-corrected chi connectivity index (χ4v) is 3.08. The number of nitrogens with two attached hydrogens (primary N) is 1. The Morgan fingerprint density at radius 1 is 1.31 bits per heavy atom. The Morgan fingerprint density at radius 3 is 2.56 bits per heavy atom. The quantitative estimate of drug-likeness (QED) is 0.591. The highest BCUT2D eigenvalue weighted by Gasteiger charge is 2.26. The summed E-state index contributed by atoms with van der Waals surface area (Å²) in [6, 6.07) is -0.544. The van der Waals surface area contributed by atoms with Gasteiger partial charge in [0.2, 0.25) is 10.0 Å². The van der Waals surface area contributed by atoms with E-state index in [0.29, 0.717) is 6.42 Å². The van der Waals surface area contributed by atoms with E-state index in [1.807, 2.05) is 0 Å². The fraction of sp³-hybridized carbons (Fsp3) is 0.889. The molecule has 94 valence electrons. The van der Waals surface area contributed by atoms with Crippen LogP contribution in [0.3, 0.4) is 0 Å². The second kappa shape index (κ2) is 5.60. The van der Waals surface area contributed by atoms with Gasteiger partial charge < -0.3 is 10.8 Å². The first kappa shape index (κ1) is 13.4. The molecule has 0 aromatic rings. The second-order valence-electron chi connectivity index (χ2n) is 4.18. The Labute approximate surface area is 95.3 Å². The highest BCUT2D eigenvalue weighted by Crippen LogP contribution is 2.17. The van der Waals surface area contributed by atoms with Crippen molar-refractivity contribution < 1.29 is 18.3 Å². The molecule has 16 heavy (non-hydrogen) atoms. The van der Waals surface area contributed by atoms with E-state index >= 15 is 0 Å². The zero-order valence-electron chi connectivity index (χ0n) is 9.05. The van der Waals surface area contributed by atoms with E-state index in [4.69, 9.17) is 10.8 Å². The van der Waals surface area contributed by atoms with E-state index in [1.54, 1.807) is 0 Å². The van der Waals surface area contributed by atoms with Crippen LogP contribution in [0.5, 0.6) is 0 Å². The van der Waals surface area contributed by atoms with E-state index in [-0.39, 0.29) is 12.1 Å². The number of carbonyl (C=O) groups is 1. The molecule has 0 heterocycles. The molecule has 0 aromatic carbocycles. The standard InChI is InChI=1S/C9H18N2O4S/c10-7-4-2-1-3-5-8(7)11-16(14,15)6-9(12)13/h7-8,11H,1-6,10H2,(H,12,13). The lowest BCUT2D eigenvalue weighted by Gasteiger charge is -2.21. The van der Waals surface area contributed by atoms with Crippen molar-refractivity contribution in [3.63, 3.8) is 0 Å². The minimum Gasteiger partial charge on any atom is -0.480 e. The molecule has 1 saturated carbocycles. The van der Waals surface area contributed by atoms with Crippen molar-refractivity contribution in [2.45, 2.75) is 44.2 Å². The molecule has 1 aliphatic carbocycles. The first-order chi connectivity index (χ1) is 7.41. The van der Waals surface area contributed by atoms with Crippen LogP contribution in [0.1, 0.15) is 32.1 Å². The fourth-order valence-electron chi connectivity index (χ4n) is 1.92. The first-order valence-corrected chi connectivity index (χ1v) is 7.03. The first-order valence-electron chi connectivity index (χ1n) is 5.38. The smallest absolute Gasteiger partial charge is 0.320 e.